The summed E-state index contributed by atoms with van der Waals surface area (Å²) in [5.74, 6) is -0.187. The topological polar surface area (TPSA) is 204 Å². The maximum absolute atomic E-state index is 11.7. The average molecular weight is 795 g/mol. The predicted molar refractivity (Wildman–Crippen MR) is 209 cm³/mol. The summed E-state index contributed by atoms with van der Waals surface area (Å²) in [6.07, 6.45) is 0. The molecule has 8 aromatic rings. The number of phenols is 2. The van der Waals surface area contributed by atoms with E-state index in [1.165, 1.54) is 24.3 Å². The van der Waals surface area contributed by atoms with E-state index < -0.39 is 30.0 Å². The Morgan fingerprint density at radius 1 is 0.364 bits per heavy atom. The Balaban J connectivity index is 0.000000184. The van der Waals surface area contributed by atoms with Crippen molar-refractivity contribution in [2.45, 2.75) is 9.79 Å². The van der Waals surface area contributed by atoms with Gasteiger partial charge < -0.3 is 19.3 Å². The van der Waals surface area contributed by atoms with Gasteiger partial charge in [0.2, 0.25) is 0 Å². The Bertz CT molecular complexity index is 2840. The number of fused-ring (bicyclic) bond motifs is 4. The predicted octanol–water partition coefficient (Wildman–Crippen LogP) is 9.66. The second-order valence-electron chi connectivity index (χ2n) is 11.9. The van der Waals surface area contributed by atoms with E-state index in [-0.39, 0.29) is 72.0 Å². The molecule has 12 nitrogen and oxygen atoms in total. The molecule has 55 heavy (non-hydrogen) atoms. The number of nitrogens with zero attached hydrogens (tertiary/aromatic N) is 4. The standard InChI is InChI=1S/2C20H14N2O4S.Ca/c2*23-17-11-9-13-5-1-3-7-15(13)19(17)21-22-20-16-8-4-2-6-14(16)10-12-18(20)27(24,25)26;/h2*1-12,23H,(H,24,25,26);/q;;+2/p-2. The molecule has 0 bridgehead atoms. The van der Waals surface area contributed by atoms with E-state index in [1.807, 2.05) is 24.3 Å². The molecule has 0 unspecified atom stereocenters. The van der Waals surface area contributed by atoms with Crippen molar-refractivity contribution < 1.29 is 36.2 Å². The van der Waals surface area contributed by atoms with Crippen LogP contribution >= 0.6 is 0 Å². The van der Waals surface area contributed by atoms with Gasteiger partial charge in [-0.1, -0.05) is 121 Å². The zero-order chi connectivity index (χ0) is 38.0. The van der Waals surface area contributed by atoms with Crippen molar-refractivity contribution >= 4 is 124 Å². The molecule has 0 radical (unpaired) electrons. The number of hydrogen-bond acceptors (Lipinski definition) is 12. The second-order valence-corrected chi connectivity index (χ2v) is 14.6. The first-order valence-electron chi connectivity index (χ1n) is 16.1. The fraction of sp³-hybridized carbons (Fsp3) is 0. The summed E-state index contributed by atoms with van der Waals surface area (Å²) in [5, 5.41) is 42.2. The molecule has 0 aromatic heterocycles. The minimum absolute atomic E-state index is 0. The number of rotatable bonds is 6. The summed E-state index contributed by atoms with van der Waals surface area (Å²) in [5.41, 5.74) is 0.316. The van der Waals surface area contributed by atoms with Crippen LogP contribution in [0.25, 0.3) is 43.1 Å². The number of benzene rings is 8. The third-order valence-corrected chi connectivity index (χ3v) is 10.3. The van der Waals surface area contributed by atoms with E-state index in [9.17, 15) is 36.2 Å². The van der Waals surface area contributed by atoms with Crippen molar-refractivity contribution in [2.75, 3.05) is 0 Å². The number of azo groups is 2. The monoisotopic (exact) mass is 794 g/mol. The molecule has 0 amide bonds. The molecule has 2 N–H and O–H groups in total. The van der Waals surface area contributed by atoms with Gasteiger partial charge in [0.05, 0.1) is 9.79 Å². The van der Waals surface area contributed by atoms with Gasteiger partial charge in [0, 0.05) is 21.5 Å². The molecule has 0 aliphatic heterocycles. The third-order valence-electron chi connectivity index (χ3n) is 8.52. The van der Waals surface area contributed by atoms with E-state index in [2.05, 4.69) is 20.5 Å². The summed E-state index contributed by atoms with van der Waals surface area (Å²) >= 11 is 0. The minimum atomic E-state index is -4.75. The largest absolute Gasteiger partial charge is 2.00 e. The van der Waals surface area contributed by atoms with Crippen molar-refractivity contribution in [3.8, 4) is 11.5 Å². The van der Waals surface area contributed by atoms with E-state index in [4.69, 9.17) is 0 Å². The molecule has 0 aliphatic carbocycles. The van der Waals surface area contributed by atoms with E-state index in [0.717, 1.165) is 21.5 Å². The van der Waals surface area contributed by atoms with E-state index >= 15 is 0 Å². The molecule has 0 atom stereocenters. The molecule has 0 spiro atoms. The Hall–Kier alpha value is -5.32. The van der Waals surface area contributed by atoms with Gasteiger partial charge in [-0.25, -0.2) is 16.8 Å². The molecule has 0 saturated heterocycles. The SMILES string of the molecule is O=S(=O)([O-])c1ccc2ccccc2c1N=Nc1c(O)ccc2ccccc12.O=S(=O)([O-])c1ccc2ccccc2c1N=Nc1c(O)ccc2ccccc12.[Ca+2]. The van der Waals surface area contributed by atoms with Crippen molar-refractivity contribution in [2.24, 2.45) is 20.5 Å². The van der Waals surface area contributed by atoms with Gasteiger partial charge in [-0.2, -0.15) is 0 Å². The Morgan fingerprint density at radius 3 is 0.927 bits per heavy atom. The van der Waals surface area contributed by atoms with Crippen molar-refractivity contribution in [1.29, 1.82) is 0 Å². The van der Waals surface area contributed by atoms with Crippen molar-refractivity contribution in [3.63, 3.8) is 0 Å². The van der Waals surface area contributed by atoms with Crippen LogP contribution in [0.4, 0.5) is 22.7 Å². The number of hydrogen-bond donors (Lipinski definition) is 2. The normalized spacial score (nSPS) is 12.0. The summed E-state index contributed by atoms with van der Waals surface area (Å²) in [6.45, 7) is 0. The van der Waals surface area contributed by atoms with Crippen LogP contribution < -0.4 is 0 Å². The van der Waals surface area contributed by atoms with Gasteiger partial charge in [0.1, 0.15) is 54.5 Å². The Labute approximate surface area is 344 Å². The zero-order valence-corrected chi connectivity index (χ0v) is 32.4. The van der Waals surface area contributed by atoms with Crippen molar-refractivity contribution in [1.82, 2.24) is 0 Å². The fourth-order valence-corrected chi connectivity index (χ4v) is 7.22. The molecule has 0 aliphatic rings. The van der Waals surface area contributed by atoms with Crippen LogP contribution in [0.15, 0.2) is 176 Å². The maximum Gasteiger partial charge on any atom is 2.00 e. The smallest absolute Gasteiger partial charge is 0.744 e. The van der Waals surface area contributed by atoms with Crippen LogP contribution in [0.1, 0.15) is 0 Å². The summed E-state index contributed by atoms with van der Waals surface area (Å²) < 4.78 is 70.1. The molecule has 0 saturated carbocycles. The van der Waals surface area contributed by atoms with Gasteiger partial charge >= 0.3 is 37.7 Å². The third kappa shape index (κ3) is 8.35. The van der Waals surface area contributed by atoms with Crippen LogP contribution in [0, 0.1) is 0 Å². The molecular weight excluding hydrogens is 769 g/mol. The fourth-order valence-electron chi connectivity index (χ4n) is 5.98. The molecule has 8 rings (SSSR count). The van der Waals surface area contributed by atoms with Gasteiger partial charge in [-0.15, -0.1) is 20.5 Å². The van der Waals surface area contributed by atoms with E-state index in [1.54, 1.807) is 97.1 Å². The second kappa shape index (κ2) is 16.2. The first kappa shape index (κ1) is 39.4. The van der Waals surface area contributed by atoms with Crippen LogP contribution in [-0.4, -0.2) is 73.9 Å². The number of aromatic hydroxyl groups is 2. The van der Waals surface area contributed by atoms with E-state index in [0.29, 0.717) is 21.5 Å². The minimum Gasteiger partial charge on any atom is -0.744 e. The van der Waals surface area contributed by atoms with Gasteiger partial charge in [-0.3, -0.25) is 0 Å². The molecule has 268 valence electrons. The maximum atomic E-state index is 11.7. The average Bonchev–Trinajstić information content (AvgIpc) is 3.16. The molecule has 15 heteroatoms. The summed E-state index contributed by atoms with van der Waals surface area (Å²) in [6, 6.07) is 40.5. The van der Waals surface area contributed by atoms with Crippen LogP contribution in [0.5, 0.6) is 11.5 Å². The van der Waals surface area contributed by atoms with Gasteiger partial charge in [0.25, 0.3) is 0 Å². The Morgan fingerprint density at radius 2 is 0.618 bits per heavy atom. The van der Waals surface area contributed by atoms with Crippen molar-refractivity contribution in [3.05, 3.63) is 146 Å². The van der Waals surface area contributed by atoms with Gasteiger partial charge in [-0.05, 0) is 45.8 Å². The Kier molecular flexibility index (Phi) is 11.6. The summed E-state index contributed by atoms with van der Waals surface area (Å²) in [7, 11) is -9.50. The quantitative estimate of drug-likeness (QED) is 0.0939. The van der Waals surface area contributed by atoms with Crippen LogP contribution in [-0.2, 0) is 20.2 Å². The molecule has 0 fully saturated rings. The summed E-state index contributed by atoms with van der Waals surface area (Å²) in [4.78, 5) is -0.908. The zero-order valence-electron chi connectivity index (χ0n) is 28.5. The molecule has 8 aromatic carbocycles. The number of phenolic OH excluding ortho intramolecular Hbond substituents is 2. The first-order chi connectivity index (χ1) is 25.9. The molecule has 0 heterocycles. The molecular formula is C40H26CaN4O8S2. The van der Waals surface area contributed by atoms with Crippen LogP contribution in [0.2, 0.25) is 0 Å². The van der Waals surface area contributed by atoms with Crippen LogP contribution in [0.3, 0.4) is 0 Å². The van der Waals surface area contributed by atoms with Gasteiger partial charge in [0.15, 0.2) is 0 Å². The first-order valence-corrected chi connectivity index (χ1v) is 18.9.